The Hall–Kier alpha value is -2.93. The number of carbonyl (C=O) groups excluding carboxylic acids is 2. The summed E-state index contributed by atoms with van der Waals surface area (Å²) in [6, 6.07) is 11.6. The number of carbonyl (C=O) groups is 2. The molecule has 1 heterocycles. The van der Waals surface area contributed by atoms with Crippen LogP contribution in [0.25, 0.3) is 0 Å². The normalized spacial score (nSPS) is 10.7. The number of pyridine rings is 1. The molecule has 26 heavy (non-hydrogen) atoms. The molecule has 2 aromatic rings. The van der Waals surface area contributed by atoms with Gasteiger partial charge in [0, 0.05) is 6.42 Å². The van der Waals surface area contributed by atoms with Gasteiger partial charge in [0.1, 0.15) is 17.8 Å². The van der Waals surface area contributed by atoms with Gasteiger partial charge in [0.05, 0.1) is 12.1 Å². The van der Waals surface area contributed by atoms with Crippen LogP contribution < -0.4 is 16.0 Å². The predicted octanol–water partition coefficient (Wildman–Crippen LogP) is 0.122. The van der Waals surface area contributed by atoms with Gasteiger partial charge < -0.3 is 15.8 Å². The third-order valence-electron chi connectivity index (χ3n) is 3.61. The first-order chi connectivity index (χ1) is 12.5. The van der Waals surface area contributed by atoms with E-state index in [-0.39, 0.29) is 22.9 Å². The Morgan fingerprint density at radius 3 is 2.69 bits per heavy atom. The summed E-state index contributed by atoms with van der Waals surface area (Å²) in [5, 5.41) is 2.65. The zero-order valence-electron chi connectivity index (χ0n) is 14.3. The standard InChI is InChI=1S/C18H19ClN4O3/c1-26-15(24)10-21-18(25)16-14(19)9-13(23-17(16)22-11-20)8-7-12-5-3-2-4-6-12/h2-6,9,11H,7-8,10H2,1H3,(H,21,25)(H2,20,22,23)/p+1. The first kappa shape index (κ1) is 19.4. The van der Waals surface area contributed by atoms with Crippen LogP contribution in [-0.4, -0.2) is 36.9 Å². The van der Waals surface area contributed by atoms with Gasteiger partial charge in [-0.05, 0) is 18.1 Å². The van der Waals surface area contributed by atoms with Crippen molar-refractivity contribution < 1.29 is 19.3 Å². The summed E-state index contributed by atoms with van der Waals surface area (Å²) in [5.41, 5.74) is 7.41. The molecule has 0 fully saturated rings. The van der Waals surface area contributed by atoms with E-state index < -0.39 is 11.9 Å². The molecule has 8 heteroatoms. The first-order valence-electron chi connectivity index (χ1n) is 7.93. The number of hydrogen-bond donors (Lipinski definition) is 3. The highest BCUT2D eigenvalue weighted by Gasteiger charge is 2.22. The fourth-order valence-electron chi connectivity index (χ4n) is 2.32. The van der Waals surface area contributed by atoms with Crippen molar-refractivity contribution in [2.45, 2.75) is 12.8 Å². The average molecular weight is 376 g/mol. The fourth-order valence-corrected chi connectivity index (χ4v) is 2.62. The number of aromatic nitrogens is 1. The van der Waals surface area contributed by atoms with Crippen LogP contribution in [0.15, 0.2) is 36.4 Å². The van der Waals surface area contributed by atoms with Gasteiger partial charge in [0.2, 0.25) is 0 Å². The highest BCUT2D eigenvalue weighted by atomic mass is 35.5. The van der Waals surface area contributed by atoms with Crippen LogP contribution >= 0.6 is 11.6 Å². The van der Waals surface area contributed by atoms with Crippen molar-refractivity contribution in [3.63, 3.8) is 0 Å². The van der Waals surface area contributed by atoms with Gasteiger partial charge in [-0.15, -0.1) is 4.98 Å². The average Bonchev–Trinajstić information content (AvgIpc) is 2.65. The van der Waals surface area contributed by atoms with Crippen molar-refractivity contribution in [1.29, 1.82) is 0 Å². The number of hydrogen-bond acceptors (Lipinski definition) is 4. The van der Waals surface area contributed by atoms with Gasteiger partial charge in [0.25, 0.3) is 11.7 Å². The van der Waals surface area contributed by atoms with Crippen LogP contribution in [-0.2, 0) is 22.4 Å². The number of nitrogens with zero attached hydrogens (tertiary/aromatic N) is 1. The van der Waals surface area contributed by atoms with Crippen molar-refractivity contribution in [2.75, 3.05) is 13.7 Å². The largest absolute Gasteiger partial charge is 0.468 e. The molecule has 7 nitrogen and oxygen atoms in total. The van der Waals surface area contributed by atoms with Crippen LogP contribution in [0.5, 0.6) is 0 Å². The minimum atomic E-state index is -0.568. The van der Waals surface area contributed by atoms with Gasteiger partial charge in [0.15, 0.2) is 6.34 Å². The molecule has 0 saturated carbocycles. The highest BCUT2D eigenvalue weighted by molar-refractivity contribution is 6.34. The van der Waals surface area contributed by atoms with E-state index >= 15 is 0 Å². The van der Waals surface area contributed by atoms with Crippen molar-refractivity contribution in [3.05, 3.63) is 58.2 Å². The Labute approximate surface area is 156 Å². The molecule has 2 rings (SSSR count). The number of halogens is 1. The lowest BCUT2D eigenvalue weighted by Crippen LogP contribution is -2.65. The second-order valence-electron chi connectivity index (χ2n) is 5.37. The Morgan fingerprint density at radius 1 is 1.31 bits per heavy atom. The quantitative estimate of drug-likeness (QED) is 0.362. The number of nitrogens with one attached hydrogen (secondary N) is 2. The summed E-state index contributed by atoms with van der Waals surface area (Å²) >= 11 is 6.28. The molecule has 0 unspecified atom stereocenters. The molecule has 0 spiro atoms. The molecule has 0 aliphatic rings. The minimum absolute atomic E-state index is 0.112. The molecule has 1 amide bonds. The van der Waals surface area contributed by atoms with E-state index in [0.29, 0.717) is 12.1 Å². The summed E-state index contributed by atoms with van der Waals surface area (Å²) in [7, 11) is 1.24. The SMILES string of the molecule is COC(=O)CNC(=O)c1c(Cl)cc(CCc2ccccc2)nc1[NH+]=CN. The maximum Gasteiger partial charge on any atom is 0.325 e. The third kappa shape index (κ3) is 5.29. The maximum atomic E-state index is 12.3. The van der Waals surface area contributed by atoms with Crippen LogP contribution in [0.4, 0.5) is 5.82 Å². The number of esters is 1. The molecule has 0 bridgehead atoms. The van der Waals surface area contributed by atoms with Crippen molar-refractivity contribution >= 4 is 35.6 Å². The van der Waals surface area contributed by atoms with Crippen LogP contribution in [0.2, 0.25) is 5.02 Å². The lowest BCUT2D eigenvalue weighted by Gasteiger charge is -2.08. The monoisotopic (exact) mass is 375 g/mol. The molecule has 0 aliphatic carbocycles. The summed E-state index contributed by atoms with van der Waals surface area (Å²) in [4.78, 5) is 30.7. The molecule has 0 atom stereocenters. The van der Waals surface area contributed by atoms with Crippen molar-refractivity contribution in [3.8, 4) is 0 Å². The summed E-state index contributed by atoms with van der Waals surface area (Å²) < 4.78 is 4.49. The van der Waals surface area contributed by atoms with Gasteiger partial charge in [-0.2, -0.15) is 0 Å². The lowest BCUT2D eigenvalue weighted by atomic mass is 10.1. The second-order valence-corrected chi connectivity index (χ2v) is 5.78. The maximum absolute atomic E-state index is 12.3. The van der Waals surface area contributed by atoms with Crippen molar-refractivity contribution in [2.24, 2.45) is 5.73 Å². The van der Waals surface area contributed by atoms with Gasteiger partial charge >= 0.3 is 5.97 Å². The molecule has 0 radical (unpaired) electrons. The van der Waals surface area contributed by atoms with Crippen LogP contribution in [0, 0.1) is 0 Å². The molecule has 4 N–H and O–H groups in total. The predicted molar refractivity (Wildman–Crippen MR) is 98.3 cm³/mol. The minimum Gasteiger partial charge on any atom is -0.468 e. The number of benzene rings is 1. The van der Waals surface area contributed by atoms with Crippen LogP contribution in [0.3, 0.4) is 0 Å². The lowest BCUT2D eigenvalue weighted by molar-refractivity contribution is -0.354. The second kappa shape index (κ2) is 9.53. The number of nitrogens with two attached hydrogens (primary N) is 1. The van der Waals surface area contributed by atoms with Gasteiger partial charge in [-0.25, -0.2) is 4.99 Å². The highest BCUT2D eigenvalue weighted by Crippen LogP contribution is 2.22. The van der Waals surface area contributed by atoms with E-state index in [4.69, 9.17) is 17.3 Å². The number of amides is 1. The van der Waals surface area contributed by atoms with Crippen LogP contribution in [0.1, 0.15) is 21.6 Å². The molecule has 0 saturated heterocycles. The Morgan fingerprint density at radius 2 is 2.04 bits per heavy atom. The smallest absolute Gasteiger partial charge is 0.325 e. The molecule has 0 aliphatic heterocycles. The van der Waals surface area contributed by atoms with Gasteiger partial charge in [-0.1, -0.05) is 41.9 Å². The van der Waals surface area contributed by atoms with E-state index in [0.717, 1.165) is 12.8 Å². The number of methoxy groups -OCH3 is 1. The molecule has 136 valence electrons. The summed E-state index contributed by atoms with van der Waals surface area (Å²) in [5.74, 6) is -0.890. The number of aryl methyl sites for hydroxylation is 2. The van der Waals surface area contributed by atoms with E-state index in [1.165, 1.54) is 12.7 Å². The topological polar surface area (TPSA) is 108 Å². The Bertz CT molecular complexity index is 810. The first-order valence-corrected chi connectivity index (χ1v) is 8.31. The van der Waals surface area contributed by atoms with E-state index in [1.807, 2.05) is 30.3 Å². The summed E-state index contributed by atoms with van der Waals surface area (Å²) in [6.07, 6.45) is 2.59. The molecular weight excluding hydrogens is 356 g/mol. The zero-order valence-corrected chi connectivity index (χ0v) is 15.0. The molecular formula is C18H20ClN4O3+. The molecule has 1 aromatic heterocycles. The van der Waals surface area contributed by atoms with Crippen molar-refractivity contribution in [1.82, 2.24) is 10.3 Å². The van der Waals surface area contributed by atoms with E-state index in [9.17, 15) is 9.59 Å². The fraction of sp³-hybridized carbons (Fsp3) is 0.222. The van der Waals surface area contributed by atoms with E-state index in [2.05, 4.69) is 20.0 Å². The summed E-state index contributed by atoms with van der Waals surface area (Å²) in [6.45, 7) is -0.271. The van der Waals surface area contributed by atoms with Gasteiger partial charge in [-0.3, -0.25) is 9.59 Å². The third-order valence-corrected chi connectivity index (χ3v) is 3.90. The van der Waals surface area contributed by atoms with E-state index in [1.54, 1.807) is 6.07 Å². The Kier molecular flexibility index (Phi) is 7.11. The number of rotatable bonds is 7. The zero-order chi connectivity index (χ0) is 18.9. The number of ether oxygens (including phenoxy) is 1. The Balaban J connectivity index is 2.21. The molecule has 1 aromatic carbocycles.